The van der Waals surface area contributed by atoms with Crippen LogP contribution in [0.4, 0.5) is 0 Å². The molecule has 2 atom stereocenters. The highest BCUT2D eigenvalue weighted by Gasteiger charge is 2.26. The first kappa shape index (κ1) is 20.3. The van der Waals surface area contributed by atoms with Gasteiger partial charge in [-0.25, -0.2) is 0 Å². The normalized spacial score (nSPS) is 28.6. The third-order valence-electron chi connectivity index (χ3n) is 7.21. The molecule has 0 aromatic carbocycles. The quantitative estimate of drug-likeness (QED) is 0.450. The van der Waals surface area contributed by atoms with Crippen molar-refractivity contribution < 1.29 is 5.11 Å². The molecular weight excluding hydrogens is 292 g/mol. The van der Waals surface area contributed by atoms with Gasteiger partial charge in [-0.05, 0) is 49.4 Å². The molecule has 0 aliphatic heterocycles. The third kappa shape index (κ3) is 7.06. The second-order valence-electron chi connectivity index (χ2n) is 9.08. The third-order valence-corrected chi connectivity index (χ3v) is 7.21. The first-order chi connectivity index (χ1) is 11.7. The highest BCUT2D eigenvalue weighted by Crippen LogP contribution is 2.35. The highest BCUT2D eigenvalue weighted by molar-refractivity contribution is 4.78. The van der Waals surface area contributed by atoms with Gasteiger partial charge in [0, 0.05) is 0 Å². The van der Waals surface area contributed by atoms with E-state index in [9.17, 15) is 5.11 Å². The molecule has 2 fully saturated rings. The predicted molar refractivity (Wildman–Crippen MR) is 105 cm³/mol. The minimum absolute atomic E-state index is 0.0141. The lowest BCUT2D eigenvalue weighted by molar-refractivity contribution is 0.0628. The van der Waals surface area contributed by atoms with Gasteiger partial charge in [-0.1, -0.05) is 90.9 Å². The van der Waals surface area contributed by atoms with Crippen molar-refractivity contribution in [2.75, 3.05) is 0 Å². The van der Waals surface area contributed by atoms with Crippen LogP contribution in [-0.4, -0.2) is 11.2 Å². The van der Waals surface area contributed by atoms with Gasteiger partial charge in [-0.3, -0.25) is 0 Å². The Balaban J connectivity index is 1.64. The Kier molecular flexibility index (Phi) is 9.76. The van der Waals surface area contributed by atoms with Crippen LogP contribution in [-0.2, 0) is 0 Å². The Morgan fingerprint density at radius 2 is 1.50 bits per heavy atom. The Labute approximate surface area is 152 Å². The molecule has 142 valence electrons. The van der Waals surface area contributed by atoms with Gasteiger partial charge in [0.25, 0.3) is 0 Å². The summed E-state index contributed by atoms with van der Waals surface area (Å²) >= 11 is 0. The molecule has 1 nitrogen and oxygen atoms in total. The maximum absolute atomic E-state index is 10.6. The van der Waals surface area contributed by atoms with Crippen LogP contribution in [0, 0.1) is 23.7 Å². The average Bonchev–Trinajstić information content (AvgIpc) is 2.62. The van der Waals surface area contributed by atoms with Gasteiger partial charge in [0.2, 0.25) is 0 Å². The Morgan fingerprint density at radius 1 is 0.792 bits per heavy atom. The second kappa shape index (κ2) is 11.6. The standard InChI is InChI=1S/C23H44O/c1-3-9-20(18-21-10-6-5-7-11-21)12-8-13-23(24)22-16-14-19(4-2)15-17-22/h19-24H,3-18H2,1-2H3/t19?,20?,22?,23-/m0/s1. The van der Waals surface area contributed by atoms with E-state index in [0.717, 1.165) is 24.2 Å². The van der Waals surface area contributed by atoms with Crippen molar-refractivity contribution >= 4 is 0 Å². The van der Waals surface area contributed by atoms with Crippen molar-refractivity contribution in [3.05, 3.63) is 0 Å². The molecule has 0 heterocycles. The van der Waals surface area contributed by atoms with E-state index in [1.807, 2.05) is 0 Å². The molecule has 1 unspecified atom stereocenters. The SMILES string of the molecule is CCCC(CCC[C@H](O)C1CCC(CC)CC1)CC1CCCCC1. The first-order valence-corrected chi connectivity index (χ1v) is 11.4. The highest BCUT2D eigenvalue weighted by atomic mass is 16.3. The molecule has 0 aromatic heterocycles. The van der Waals surface area contributed by atoms with Crippen LogP contribution in [0.15, 0.2) is 0 Å². The zero-order valence-corrected chi connectivity index (χ0v) is 16.6. The largest absolute Gasteiger partial charge is 0.393 e. The van der Waals surface area contributed by atoms with E-state index >= 15 is 0 Å². The van der Waals surface area contributed by atoms with Crippen molar-refractivity contribution in [2.45, 2.75) is 123 Å². The average molecular weight is 337 g/mol. The molecule has 0 radical (unpaired) electrons. The monoisotopic (exact) mass is 336 g/mol. The summed E-state index contributed by atoms with van der Waals surface area (Å²) in [6.07, 6.45) is 21.9. The summed E-state index contributed by atoms with van der Waals surface area (Å²) in [5.74, 6) is 3.50. The summed E-state index contributed by atoms with van der Waals surface area (Å²) < 4.78 is 0. The summed E-state index contributed by atoms with van der Waals surface area (Å²) in [7, 11) is 0. The van der Waals surface area contributed by atoms with Gasteiger partial charge >= 0.3 is 0 Å². The first-order valence-electron chi connectivity index (χ1n) is 11.4. The number of aliphatic hydroxyl groups excluding tert-OH is 1. The van der Waals surface area contributed by atoms with Gasteiger partial charge in [-0.2, -0.15) is 0 Å². The van der Waals surface area contributed by atoms with Crippen LogP contribution in [0.3, 0.4) is 0 Å². The van der Waals surface area contributed by atoms with E-state index in [4.69, 9.17) is 0 Å². The predicted octanol–water partition coefficient (Wildman–Crippen LogP) is 7.12. The number of rotatable bonds is 10. The van der Waals surface area contributed by atoms with Crippen molar-refractivity contribution in [1.82, 2.24) is 0 Å². The van der Waals surface area contributed by atoms with Gasteiger partial charge < -0.3 is 5.11 Å². The van der Waals surface area contributed by atoms with E-state index in [1.165, 1.54) is 96.3 Å². The van der Waals surface area contributed by atoms with E-state index in [0.29, 0.717) is 5.92 Å². The lowest BCUT2D eigenvalue weighted by Gasteiger charge is -2.31. The smallest absolute Gasteiger partial charge is 0.0568 e. The zero-order chi connectivity index (χ0) is 17.2. The van der Waals surface area contributed by atoms with Crippen LogP contribution >= 0.6 is 0 Å². The molecule has 1 heteroatoms. The van der Waals surface area contributed by atoms with Crippen molar-refractivity contribution in [3.63, 3.8) is 0 Å². The number of hydrogen-bond donors (Lipinski definition) is 1. The minimum Gasteiger partial charge on any atom is -0.393 e. The summed E-state index contributed by atoms with van der Waals surface area (Å²) in [6.45, 7) is 4.66. The van der Waals surface area contributed by atoms with E-state index in [2.05, 4.69) is 13.8 Å². The summed E-state index contributed by atoms with van der Waals surface area (Å²) in [6, 6.07) is 0. The molecule has 2 aliphatic carbocycles. The molecule has 0 amide bonds. The molecule has 0 bridgehead atoms. The Hall–Kier alpha value is -0.0400. The van der Waals surface area contributed by atoms with Crippen LogP contribution in [0.1, 0.15) is 117 Å². The zero-order valence-electron chi connectivity index (χ0n) is 16.6. The van der Waals surface area contributed by atoms with Crippen molar-refractivity contribution in [3.8, 4) is 0 Å². The summed E-state index contributed by atoms with van der Waals surface area (Å²) in [5, 5.41) is 10.6. The van der Waals surface area contributed by atoms with Crippen molar-refractivity contribution in [2.24, 2.45) is 23.7 Å². The molecule has 2 aliphatic rings. The van der Waals surface area contributed by atoms with Gasteiger partial charge in [-0.15, -0.1) is 0 Å². The molecule has 2 rings (SSSR count). The Morgan fingerprint density at radius 3 is 2.12 bits per heavy atom. The maximum atomic E-state index is 10.6. The maximum Gasteiger partial charge on any atom is 0.0568 e. The van der Waals surface area contributed by atoms with Crippen molar-refractivity contribution in [1.29, 1.82) is 0 Å². The van der Waals surface area contributed by atoms with Gasteiger partial charge in [0.15, 0.2) is 0 Å². The molecular formula is C23H44O. The van der Waals surface area contributed by atoms with E-state index in [1.54, 1.807) is 0 Å². The molecule has 0 saturated heterocycles. The van der Waals surface area contributed by atoms with Crippen LogP contribution in [0.5, 0.6) is 0 Å². The molecule has 24 heavy (non-hydrogen) atoms. The molecule has 0 aromatic rings. The molecule has 2 saturated carbocycles. The minimum atomic E-state index is -0.0141. The molecule has 1 N–H and O–H groups in total. The lowest BCUT2D eigenvalue weighted by Crippen LogP contribution is -2.25. The number of aliphatic hydroxyl groups is 1. The fraction of sp³-hybridized carbons (Fsp3) is 1.00. The van der Waals surface area contributed by atoms with Gasteiger partial charge in [0.05, 0.1) is 6.10 Å². The van der Waals surface area contributed by atoms with E-state index in [-0.39, 0.29) is 6.10 Å². The number of hydrogen-bond acceptors (Lipinski definition) is 1. The second-order valence-corrected chi connectivity index (χ2v) is 9.08. The topological polar surface area (TPSA) is 20.2 Å². The van der Waals surface area contributed by atoms with Crippen LogP contribution in [0.2, 0.25) is 0 Å². The fourth-order valence-electron chi connectivity index (χ4n) is 5.52. The van der Waals surface area contributed by atoms with Crippen LogP contribution in [0.25, 0.3) is 0 Å². The Bertz CT molecular complexity index is 299. The molecule has 0 spiro atoms. The summed E-state index contributed by atoms with van der Waals surface area (Å²) in [5.41, 5.74) is 0. The van der Waals surface area contributed by atoms with E-state index < -0.39 is 0 Å². The fourth-order valence-corrected chi connectivity index (χ4v) is 5.52. The van der Waals surface area contributed by atoms with Crippen LogP contribution < -0.4 is 0 Å². The van der Waals surface area contributed by atoms with Gasteiger partial charge in [0.1, 0.15) is 0 Å². The lowest BCUT2D eigenvalue weighted by atomic mass is 9.77. The summed E-state index contributed by atoms with van der Waals surface area (Å²) in [4.78, 5) is 0.